The molecule has 0 bridgehead atoms. The van der Waals surface area contributed by atoms with Gasteiger partial charge in [0.15, 0.2) is 0 Å². The summed E-state index contributed by atoms with van der Waals surface area (Å²) in [5.74, 6) is 0.591. The van der Waals surface area contributed by atoms with Crippen LogP contribution in [0.25, 0.3) is 0 Å². The predicted molar refractivity (Wildman–Crippen MR) is 57.6 cm³/mol. The molecule has 0 fully saturated rings. The quantitative estimate of drug-likeness (QED) is 0.544. The zero-order valence-electron chi connectivity index (χ0n) is 8.46. The molecule has 2 nitrogen and oxygen atoms in total. The molecule has 0 radical (unpaired) electrons. The monoisotopic (exact) mass is 176 g/mol. The Labute approximate surface area is 79.7 Å². The van der Waals surface area contributed by atoms with Crippen molar-refractivity contribution in [2.45, 2.75) is 20.8 Å². The maximum absolute atomic E-state index is 7.59. The largest absolute Gasteiger partial charge is 0.331 e. The van der Waals surface area contributed by atoms with E-state index in [-0.39, 0.29) is 0 Å². The molecule has 70 valence electrons. The second kappa shape index (κ2) is 4.08. The Morgan fingerprint density at radius 1 is 1.46 bits per heavy atom. The van der Waals surface area contributed by atoms with Crippen molar-refractivity contribution >= 4 is 11.5 Å². The molecule has 1 N–H and O–H groups in total. The molecule has 0 aliphatic carbocycles. The molecular formula is C11H16N2. The summed E-state index contributed by atoms with van der Waals surface area (Å²) in [7, 11) is 0. The van der Waals surface area contributed by atoms with E-state index in [1.54, 1.807) is 0 Å². The van der Waals surface area contributed by atoms with Gasteiger partial charge in [0.1, 0.15) is 0 Å². The van der Waals surface area contributed by atoms with Gasteiger partial charge in [-0.3, -0.25) is 5.41 Å². The third kappa shape index (κ3) is 2.31. The van der Waals surface area contributed by atoms with E-state index < -0.39 is 0 Å². The van der Waals surface area contributed by atoms with E-state index in [0.717, 1.165) is 12.2 Å². The summed E-state index contributed by atoms with van der Waals surface area (Å²) in [6.45, 7) is 6.78. The molecule has 0 amide bonds. The Bertz CT molecular complexity index is 305. The van der Waals surface area contributed by atoms with Crippen LogP contribution in [0.2, 0.25) is 0 Å². The van der Waals surface area contributed by atoms with Gasteiger partial charge < -0.3 is 4.90 Å². The number of nitrogens with one attached hydrogen (secondary N) is 1. The van der Waals surface area contributed by atoms with Crippen LogP contribution < -0.4 is 4.90 Å². The van der Waals surface area contributed by atoms with Crippen molar-refractivity contribution in [3.05, 3.63) is 29.8 Å². The smallest absolute Gasteiger partial charge is 0.0970 e. The van der Waals surface area contributed by atoms with Crippen molar-refractivity contribution in [2.75, 3.05) is 11.4 Å². The highest BCUT2D eigenvalue weighted by atomic mass is 15.2. The van der Waals surface area contributed by atoms with Crippen LogP contribution in [0.4, 0.5) is 5.69 Å². The Kier molecular flexibility index (Phi) is 3.07. The van der Waals surface area contributed by atoms with E-state index in [1.165, 1.54) is 5.56 Å². The number of nitrogens with zero attached hydrogens (tertiary/aromatic N) is 1. The van der Waals surface area contributed by atoms with Crippen LogP contribution in [0.15, 0.2) is 24.3 Å². The molecule has 0 atom stereocenters. The van der Waals surface area contributed by atoms with Crippen molar-refractivity contribution in [2.24, 2.45) is 0 Å². The molecule has 1 aromatic rings. The van der Waals surface area contributed by atoms with Crippen LogP contribution >= 0.6 is 0 Å². The molecular weight excluding hydrogens is 160 g/mol. The molecule has 0 aliphatic heterocycles. The third-order valence-corrected chi connectivity index (χ3v) is 2.03. The summed E-state index contributed by atoms with van der Waals surface area (Å²) in [6.07, 6.45) is 0. The molecule has 13 heavy (non-hydrogen) atoms. The first-order valence-electron chi connectivity index (χ1n) is 4.54. The Morgan fingerprint density at radius 3 is 2.62 bits per heavy atom. The Balaban J connectivity index is 2.98. The number of benzene rings is 1. The number of aryl methyl sites for hydroxylation is 1. The van der Waals surface area contributed by atoms with Crippen molar-refractivity contribution in [3.8, 4) is 0 Å². The average molecular weight is 176 g/mol. The minimum Gasteiger partial charge on any atom is -0.331 e. The van der Waals surface area contributed by atoms with Gasteiger partial charge in [-0.05, 0) is 38.5 Å². The van der Waals surface area contributed by atoms with E-state index >= 15 is 0 Å². The zero-order valence-corrected chi connectivity index (χ0v) is 8.46. The average Bonchev–Trinajstić information content (AvgIpc) is 2.04. The number of anilines is 1. The standard InChI is InChI=1S/C11H16N2/c1-4-13(10(3)12)11-7-5-6-9(2)8-11/h5-8,12H,4H2,1-3H3. The minimum absolute atomic E-state index is 0.591. The summed E-state index contributed by atoms with van der Waals surface area (Å²) < 4.78 is 0. The van der Waals surface area contributed by atoms with Crippen LogP contribution in [0.5, 0.6) is 0 Å². The fourth-order valence-electron chi connectivity index (χ4n) is 1.41. The van der Waals surface area contributed by atoms with E-state index in [2.05, 4.69) is 26.0 Å². The van der Waals surface area contributed by atoms with E-state index in [0.29, 0.717) is 5.84 Å². The molecule has 2 heteroatoms. The molecule has 1 aromatic carbocycles. The van der Waals surface area contributed by atoms with E-state index in [9.17, 15) is 0 Å². The molecule has 0 saturated heterocycles. The summed E-state index contributed by atoms with van der Waals surface area (Å²) in [5, 5.41) is 7.59. The van der Waals surface area contributed by atoms with Gasteiger partial charge in [0.25, 0.3) is 0 Å². The predicted octanol–water partition coefficient (Wildman–Crippen LogP) is 2.82. The van der Waals surface area contributed by atoms with Crippen LogP contribution in [-0.4, -0.2) is 12.4 Å². The van der Waals surface area contributed by atoms with Crippen LogP contribution in [0.1, 0.15) is 19.4 Å². The topological polar surface area (TPSA) is 27.1 Å². The fraction of sp³-hybridized carbons (Fsp3) is 0.364. The molecule has 0 saturated carbocycles. The lowest BCUT2D eigenvalue weighted by atomic mass is 10.2. The number of amidine groups is 1. The first-order valence-corrected chi connectivity index (χ1v) is 4.54. The van der Waals surface area contributed by atoms with Crippen molar-refractivity contribution in [1.82, 2.24) is 0 Å². The van der Waals surface area contributed by atoms with Crippen LogP contribution in [-0.2, 0) is 0 Å². The molecule has 0 spiro atoms. The first-order chi connectivity index (χ1) is 6.15. The van der Waals surface area contributed by atoms with E-state index in [4.69, 9.17) is 5.41 Å². The normalized spacial score (nSPS) is 9.77. The highest BCUT2D eigenvalue weighted by molar-refractivity contribution is 5.93. The lowest BCUT2D eigenvalue weighted by Gasteiger charge is -2.21. The van der Waals surface area contributed by atoms with Gasteiger partial charge in [-0.1, -0.05) is 12.1 Å². The van der Waals surface area contributed by atoms with Gasteiger partial charge >= 0.3 is 0 Å². The van der Waals surface area contributed by atoms with Gasteiger partial charge in [0.05, 0.1) is 5.84 Å². The van der Waals surface area contributed by atoms with Crippen LogP contribution in [0, 0.1) is 12.3 Å². The molecule has 0 unspecified atom stereocenters. The maximum Gasteiger partial charge on any atom is 0.0970 e. The summed E-state index contributed by atoms with van der Waals surface area (Å²) in [4.78, 5) is 1.98. The number of rotatable bonds is 2. The third-order valence-electron chi connectivity index (χ3n) is 2.03. The highest BCUT2D eigenvalue weighted by Gasteiger charge is 2.04. The van der Waals surface area contributed by atoms with Crippen LogP contribution in [0.3, 0.4) is 0 Å². The van der Waals surface area contributed by atoms with Gasteiger partial charge in [-0.15, -0.1) is 0 Å². The van der Waals surface area contributed by atoms with Gasteiger partial charge in [0.2, 0.25) is 0 Å². The molecule has 0 heterocycles. The molecule has 1 rings (SSSR count). The minimum atomic E-state index is 0.591. The highest BCUT2D eigenvalue weighted by Crippen LogP contribution is 2.15. The Hall–Kier alpha value is -1.31. The lowest BCUT2D eigenvalue weighted by Crippen LogP contribution is -2.27. The summed E-state index contributed by atoms with van der Waals surface area (Å²) in [6, 6.07) is 8.23. The van der Waals surface area contributed by atoms with Gasteiger partial charge in [0, 0.05) is 12.2 Å². The first kappa shape index (κ1) is 9.78. The number of hydrogen-bond acceptors (Lipinski definition) is 1. The maximum atomic E-state index is 7.59. The van der Waals surface area contributed by atoms with Crippen molar-refractivity contribution < 1.29 is 0 Å². The second-order valence-corrected chi connectivity index (χ2v) is 3.17. The second-order valence-electron chi connectivity index (χ2n) is 3.17. The fourth-order valence-corrected chi connectivity index (χ4v) is 1.41. The Morgan fingerprint density at radius 2 is 2.15 bits per heavy atom. The number of hydrogen-bond donors (Lipinski definition) is 1. The summed E-state index contributed by atoms with van der Waals surface area (Å²) in [5.41, 5.74) is 2.34. The van der Waals surface area contributed by atoms with Crippen molar-refractivity contribution in [1.29, 1.82) is 5.41 Å². The molecule has 0 aromatic heterocycles. The van der Waals surface area contributed by atoms with Gasteiger partial charge in [-0.2, -0.15) is 0 Å². The SMILES string of the molecule is CCN(C(C)=N)c1cccc(C)c1. The van der Waals surface area contributed by atoms with Crippen molar-refractivity contribution in [3.63, 3.8) is 0 Å². The molecule has 0 aliphatic rings. The van der Waals surface area contributed by atoms with Gasteiger partial charge in [-0.25, -0.2) is 0 Å². The summed E-state index contributed by atoms with van der Waals surface area (Å²) >= 11 is 0. The lowest BCUT2D eigenvalue weighted by molar-refractivity contribution is 1.04. The van der Waals surface area contributed by atoms with E-state index in [1.807, 2.05) is 24.0 Å². The zero-order chi connectivity index (χ0) is 9.84.